The van der Waals surface area contributed by atoms with Gasteiger partial charge in [0.05, 0.1) is 12.6 Å². The minimum atomic E-state index is -0.503. The number of aryl methyl sites for hydroxylation is 1. The number of hydrogen-bond acceptors (Lipinski definition) is 8. The Morgan fingerprint density at radius 2 is 2.04 bits per heavy atom. The van der Waals surface area contributed by atoms with Crippen LogP contribution >= 0.6 is 0 Å². The van der Waals surface area contributed by atoms with Crippen LogP contribution in [0.15, 0.2) is 22.6 Å². The quantitative estimate of drug-likeness (QED) is 0.723. The van der Waals surface area contributed by atoms with Gasteiger partial charge in [-0.15, -0.1) is 0 Å². The second-order valence-corrected chi connectivity index (χ2v) is 6.31. The Balaban J connectivity index is 1.69. The summed E-state index contributed by atoms with van der Waals surface area (Å²) in [6.07, 6.45) is -0.503. The highest BCUT2D eigenvalue weighted by atomic mass is 16.4. The van der Waals surface area contributed by atoms with Gasteiger partial charge in [-0.1, -0.05) is 0 Å². The summed E-state index contributed by atoms with van der Waals surface area (Å²) in [7, 11) is 1.83. The number of β-amino-alcohol motifs (C(OH)–C–C–N with tert-alkyl or cyclic N) is 1. The molecule has 1 fully saturated rings. The van der Waals surface area contributed by atoms with E-state index in [-0.39, 0.29) is 6.61 Å². The van der Waals surface area contributed by atoms with E-state index in [4.69, 9.17) is 9.52 Å². The summed E-state index contributed by atoms with van der Waals surface area (Å²) in [5.41, 5.74) is 0.886. The topological polar surface area (TPSA) is 97.9 Å². The second kappa shape index (κ2) is 7.81. The molecule has 25 heavy (non-hydrogen) atoms. The van der Waals surface area contributed by atoms with E-state index in [1.165, 1.54) is 0 Å². The summed E-state index contributed by atoms with van der Waals surface area (Å²) in [5.74, 6) is 2.74. The summed E-state index contributed by atoms with van der Waals surface area (Å²) in [6.45, 7) is 4.95. The molecule has 0 spiro atoms. The van der Waals surface area contributed by atoms with Crippen molar-refractivity contribution in [3.05, 3.63) is 35.4 Å². The van der Waals surface area contributed by atoms with E-state index in [0.717, 1.165) is 30.4 Å². The summed E-state index contributed by atoms with van der Waals surface area (Å²) >= 11 is 0. The molecule has 0 bridgehead atoms. The summed E-state index contributed by atoms with van der Waals surface area (Å²) in [5, 5.41) is 22.5. The smallest absolute Gasteiger partial charge is 0.227 e. The highest BCUT2D eigenvalue weighted by Crippen LogP contribution is 2.17. The molecule has 0 aromatic carbocycles. The third-order valence-corrected chi connectivity index (χ3v) is 4.22. The SMILES string of the molecule is CNc1cc(C)nc(N2CCN(Cc3ccc(CO)o3)C[C@@H](O)C2)n1. The fourth-order valence-corrected chi connectivity index (χ4v) is 3.02. The van der Waals surface area contributed by atoms with Crippen molar-refractivity contribution in [1.29, 1.82) is 0 Å². The van der Waals surface area contributed by atoms with Crippen molar-refractivity contribution in [2.24, 2.45) is 0 Å². The average Bonchev–Trinajstić information content (AvgIpc) is 2.96. The van der Waals surface area contributed by atoms with Gasteiger partial charge in [0.1, 0.15) is 23.9 Å². The zero-order valence-corrected chi connectivity index (χ0v) is 14.6. The maximum absolute atomic E-state index is 10.4. The van der Waals surface area contributed by atoms with Gasteiger partial charge in [-0.05, 0) is 19.1 Å². The number of aliphatic hydroxyl groups excluding tert-OH is 2. The lowest BCUT2D eigenvalue weighted by Crippen LogP contribution is -2.34. The lowest BCUT2D eigenvalue weighted by atomic mass is 10.3. The Morgan fingerprint density at radius 3 is 2.76 bits per heavy atom. The standard InChI is InChI=1S/C17H25N5O3/c1-12-7-16(18-2)20-17(19-12)22-6-5-21(8-13(24)9-22)10-14-3-4-15(11-23)25-14/h3-4,7,13,23-24H,5-6,8-11H2,1-2H3,(H,18,19,20)/t13-/m1/s1. The Hall–Kier alpha value is -2.16. The van der Waals surface area contributed by atoms with E-state index < -0.39 is 6.10 Å². The fraction of sp³-hybridized carbons (Fsp3) is 0.529. The fourth-order valence-electron chi connectivity index (χ4n) is 3.02. The summed E-state index contributed by atoms with van der Waals surface area (Å²) in [4.78, 5) is 13.2. The molecule has 0 aliphatic carbocycles. The highest BCUT2D eigenvalue weighted by Gasteiger charge is 2.24. The van der Waals surface area contributed by atoms with E-state index in [2.05, 4.69) is 20.2 Å². The van der Waals surface area contributed by atoms with Crippen LogP contribution in [0.2, 0.25) is 0 Å². The first-order valence-corrected chi connectivity index (χ1v) is 8.44. The monoisotopic (exact) mass is 347 g/mol. The molecule has 1 atom stereocenters. The van der Waals surface area contributed by atoms with E-state index in [0.29, 0.717) is 31.3 Å². The Labute approximate surface area is 147 Å². The summed E-state index contributed by atoms with van der Waals surface area (Å²) < 4.78 is 5.55. The maximum atomic E-state index is 10.4. The van der Waals surface area contributed by atoms with Crippen LogP contribution in [0.4, 0.5) is 11.8 Å². The molecule has 8 heteroatoms. The molecule has 1 saturated heterocycles. The first-order valence-electron chi connectivity index (χ1n) is 8.44. The van der Waals surface area contributed by atoms with Crippen LogP contribution in [-0.4, -0.2) is 64.4 Å². The first-order chi connectivity index (χ1) is 12.1. The van der Waals surface area contributed by atoms with Crippen molar-refractivity contribution in [3.8, 4) is 0 Å². The third kappa shape index (κ3) is 4.47. The molecule has 0 amide bonds. The van der Waals surface area contributed by atoms with Gasteiger partial charge in [0.2, 0.25) is 5.95 Å². The second-order valence-electron chi connectivity index (χ2n) is 6.31. The van der Waals surface area contributed by atoms with Crippen molar-refractivity contribution < 1.29 is 14.6 Å². The molecular weight excluding hydrogens is 322 g/mol. The molecule has 8 nitrogen and oxygen atoms in total. The number of nitrogens with zero attached hydrogens (tertiary/aromatic N) is 4. The van der Waals surface area contributed by atoms with Crippen LogP contribution in [0, 0.1) is 6.92 Å². The Bertz CT molecular complexity index is 705. The van der Waals surface area contributed by atoms with Gasteiger partial charge in [0, 0.05) is 45.0 Å². The minimum absolute atomic E-state index is 0.102. The molecule has 3 N–H and O–H groups in total. The molecule has 0 radical (unpaired) electrons. The number of nitrogens with one attached hydrogen (secondary N) is 1. The molecule has 1 aliphatic rings. The Kier molecular flexibility index (Phi) is 5.52. The van der Waals surface area contributed by atoms with E-state index >= 15 is 0 Å². The number of aromatic nitrogens is 2. The number of hydrogen-bond donors (Lipinski definition) is 3. The van der Waals surface area contributed by atoms with Crippen LogP contribution in [0.5, 0.6) is 0 Å². The van der Waals surface area contributed by atoms with Crippen molar-refractivity contribution in [2.45, 2.75) is 26.2 Å². The van der Waals surface area contributed by atoms with Crippen LogP contribution < -0.4 is 10.2 Å². The zero-order valence-electron chi connectivity index (χ0n) is 14.6. The van der Waals surface area contributed by atoms with Crippen molar-refractivity contribution >= 4 is 11.8 Å². The van der Waals surface area contributed by atoms with Crippen LogP contribution in [0.25, 0.3) is 0 Å². The summed E-state index contributed by atoms with van der Waals surface area (Å²) in [6, 6.07) is 5.53. The average molecular weight is 347 g/mol. The molecule has 3 heterocycles. The van der Waals surface area contributed by atoms with E-state index in [9.17, 15) is 5.11 Å². The first kappa shape index (κ1) is 17.7. The molecule has 2 aromatic rings. The van der Waals surface area contributed by atoms with Crippen molar-refractivity contribution in [2.75, 3.05) is 43.4 Å². The van der Waals surface area contributed by atoms with E-state index in [1.54, 1.807) is 6.07 Å². The van der Waals surface area contributed by atoms with Crippen molar-refractivity contribution in [1.82, 2.24) is 14.9 Å². The third-order valence-electron chi connectivity index (χ3n) is 4.22. The number of rotatable bonds is 5. The normalized spacial score (nSPS) is 19.0. The minimum Gasteiger partial charge on any atom is -0.462 e. The van der Waals surface area contributed by atoms with Gasteiger partial charge in [0.25, 0.3) is 0 Å². The highest BCUT2D eigenvalue weighted by molar-refractivity contribution is 5.43. The zero-order chi connectivity index (χ0) is 17.8. The molecule has 136 valence electrons. The maximum Gasteiger partial charge on any atom is 0.227 e. The van der Waals surface area contributed by atoms with E-state index in [1.807, 2.05) is 31.0 Å². The lowest BCUT2D eigenvalue weighted by Gasteiger charge is -2.22. The van der Waals surface area contributed by atoms with Crippen LogP contribution in [0.1, 0.15) is 17.2 Å². The van der Waals surface area contributed by atoms with Gasteiger partial charge in [0.15, 0.2) is 0 Å². The molecular formula is C17H25N5O3. The van der Waals surface area contributed by atoms with Gasteiger partial charge in [-0.2, -0.15) is 4.98 Å². The molecule has 0 saturated carbocycles. The predicted octanol–water partition coefficient (Wildman–Crippen LogP) is 0.595. The van der Waals surface area contributed by atoms with Gasteiger partial charge in [-0.25, -0.2) is 4.98 Å². The van der Waals surface area contributed by atoms with Crippen LogP contribution in [0.3, 0.4) is 0 Å². The largest absolute Gasteiger partial charge is 0.462 e. The molecule has 0 unspecified atom stereocenters. The number of furan rings is 1. The molecule has 2 aromatic heterocycles. The van der Waals surface area contributed by atoms with Gasteiger partial charge >= 0.3 is 0 Å². The number of aliphatic hydroxyl groups is 2. The number of anilines is 2. The Morgan fingerprint density at radius 1 is 1.24 bits per heavy atom. The van der Waals surface area contributed by atoms with Gasteiger partial charge in [-0.3, -0.25) is 4.90 Å². The van der Waals surface area contributed by atoms with Gasteiger partial charge < -0.3 is 24.8 Å². The molecule has 1 aliphatic heterocycles. The molecule has 3 rings (SSSR count). The lowest BCUT2D eigenvalue weighted by molar-refractivity contribution is 0.124. The van der Waals surface area contributed by atoms with Crippen molar-refractivity contribution in [3.63, 3.8) is 0 Å². The predicted molar refractivity (Wildman–Crippen MR) is 94.4 cm³/mol. The van der Waals surface area contributed by atoms with Crippen LogP contribution in [-0.2, 0) is 13.2 Å².